The monoisotopic (exact) mass is 596 g/mol. The predicted molar refractivity (Wildman–Crippen MR) is 157 cm³/mol. The molecule has 3 heterocycles. The molecule has 10 heteroatoms. The van der Waals surface area contributed by atoms with Crippen molar-refractivity contribution in [2.24, 2.45) is 27.8 Å². The van der Waals surface area contributed by atoms with Gasteiger partial charge in [0.2, 0.25) is 5.82 Å². The Bertz CT molecular complexity index is 1540. The second-order valence-electron chi connectivity index (χ2n) is 13.1. The molecule has 3 saturated carbocycles. The molecule has 4 fully saturated rings. The number of unbranched alkanes of at least 4 members (excludes halogenated alkanes) is 1. The summed E-state index contributed by atoms with van der Waals surface area (Å²) in [5, 5.41) is 7.08. The topological polar surface area (TPSA) is 85.9 Å². The van der Waals surface area contributed by atoms with Crippen LogP contribution in [0.4, 0.5) is 4.39 Å². The number of rotatable bonds is 8. The van der Waals surface area contributed by atoms with Crippen molar-refractivity contribution in [1.29, 1.82) is 0 Å². The van der Waals surface area contributed by atoms with Crippen LogP contribution in [-0.2, 0) is 16.1 Å². The lowest BCUT2D eigenvalue weighted by Crippen LogP contribution is -2.48. The molecule has 2 aromatic rings. The Hall–Kier alpha value is -2.78. The molecule has 3 aliphatic carbocycles. The van der Waals surface area contributed by atoms with E-state index in [2.05, 4.69) is 6.92 Å². The summed E-state index contributed by atoms with van der Waals surface area (Å²) in [5.41, 5.74) is 0.234. The summed E-state index contributed by atoms with van der Waals surface area (Å²) in [5.74, 6) is -0.433. The number of fused-ring (bicyclic) bond motifs is 2. The lowest BCUT2D eigenvalue weighted by Gasteiger charge is -2.36. The minimum atomic E-state index is -1.10. The van der Waals surface area contributed by atoms with Crippen LogP contribution in [0.1, 0.15) is 89.3 Å². The Kier molecular flexibility index (Phi) is 6.96. The minimum Gasteiger partial charge on any atom is -0.358 e. The van der Waals surface area contributed by atoms with E-state index in [0.717, 1.165) is 60.6 Å². The fourth-order valence-electron chi connectivity index (χ4n) is 8.88. The van der Waals surface area contributed by atoms with Crippen LogP contribution in [0.2, 0.25) is 5.02 Å². The highest BCUT2D eigenvalue weighted by molar-refractivity contribution is 6.30. The second kappa shape index (κ2) is 10.4. The molecule has 7 rings (SSSR count). The number of amides is 1. The molecule has 8 nitrogen and oxygen atoms in total. The summed E-state index contributed by atoms with van der Waals surface area (Å²) in [6.07, 6.45) is 11.6. The Morgan fingerprint density at radius 3 is 2.62 bits per heavy atom. The lowest BCUT2D eigenvalue weighted by atomic mass is 9.74. The molecule has 0 bridgehead atoms. The minimum absolute atomic E-state index is 0.0257. The quantitative estimate of drug-likeness (QED) is 0.403. The molecule has 2 aliphatic heterocycles. The number of carbonyl (C=O) groups excluding carboxylic acids is 1. The predicted octanol–water partition coefficient (Wildman–Crippen LogP) is 5.50. The van der Waals surface area contributed by atoms with Crippen LogP contribution < -0.4 is 11.2 Å². The molecule has 5 atom stereocenters. The average Bonchev–Trinajstić information content (AvgIpc) is 3.70. The largest absolute Gasteiger partial charge is 0.358 e. The SMILES string of the molecule is CCCCC1C2C3(CCCC12C1CC(c2ccc(Cl)cc2)=NN1C(=O)Cn1c(=O)c(F)cn(C2CCCO2)c1=O)CC3. The van der Waals surface area contributed by atoms with E-state index in [4.69, 9.17) is 21.4 Å². The molecule has 224 valence electrons. The highest BCUT2D eigenvalue weighted by atomic mass is 35.5. The Morgan fingerprint density at radius 2 is 1.93 bits per heavy atom. The number of nitrogens with zero attached hydrogens (tertiary/aromatic N) is 4. The molecule has 1 saturated heterocycles. The summed E-state index contributed by atoms with van der Waals surface area (Å²) < 4.78 is 22.2. The van der Waals surface area contributed by atoms with Gasteiger partial charge in [-0.1, -0.05) is 49.9 Å². The van der Waals surface area contributed by atoms with Gasteiger partial charge in [-0.2, -0.15) is 9.49 Å². The Labute approximate surface area is 249 Å². The van der Waals surface area contributed by atoms with Gasteiger partial charge in [0.1, 0.15) is 12.8 Å². The van der Waals surface area contributed by atoms with Gasteiger partial charge < -0.3 is 4.74 Å². The summed E-state index contributed by atoms with van der Waals surface area (Å²) in [7, 11) is 0. The van der Waals surface area contributed by atoms with Crippen LogP contribution in [0.15, 0.2) is 45.2 Å². The fourth-order valence-corrected chi connectivity index (χ4v) is 9.00. The molecule has 1 amide bonds. The number of hydrogen-bond acceptors (Lipinski definition) is 5. The van der Waals surface area contributed by atoms with Crippen molar-refractivity contribution in [1.82, 2.24) is 14.1 Å². The number of halogens is 2. The van der Waals surface area contributed by atoms with Gasteiger partial charge in [-0.25, -0.2) is 14.4 Å². The van der Waals surface area contributed by atoms with Crippen LogP contribution in [-0.4, -0.2) is 38.4 Å². The highest BCUT2D eigenvalue weighted by Crippen LogP contribution is 2.82. The molecular weight excluding hydrogens is 559 g/mol. The maximum Gasteiger partial charge on any atom is 0.333 e. The molecular formula is C32H38ClFN4O4. The standard InChI is InChI=1S/C32H38ClFN4O4/c1-2-3-6-22-28-31(14-15-31)12-5-13-32(22,28)25-17-24(20-8-10-21(33)11-9-20)35-38(25)26(39)19-37-29(40)23(34)18-36(30(37)41)27-7-4-16-42-27/h8-11,18,22,25,27-28H,2-7,12-17,19H2,1H3. The molecule has 1 aromatic heterocycles. The highest BCUT2D eigenvalue weighted by Gasteiger charge is 2.78. The van der Waals surface area contributed by atoms with Crippen molar-refractivity contribution in [3.63, 3.8) is 0 Å². The van der Waals surface area contributed by atoms with Crippen LogP contribution in [0.25, 0.3) is 0 Å². The molecule has 5 aliphatic rings. The Morgan fingerprint density at radius 1 is 1.14 bits per heavy atom. The molecule has 42 heavy (non-hydrogen) atoms. The van der Waals surface area contributed by atoms with Crippen molar-refractivity contribution < 1.29 is 13.9 Å². The number of carbonyl (C=O) groups is 1. The average molecular weight is 597 g/mol. The van der Waals surface area contributed by atoms with Gasteiger partial charge in [0.05, 0.1) is 18.0 Å². The summed E-state index contributed by atoms with van der Waals surface area (Å²) in [6, 6.07) is 7.32. The van der Waals surface area contributed by atoms with E-state index in [0.29, 0.717) is 46.3 Å². The normalized spacial score (nSPS) is 30.8. The number of hydrogen-bond donors (Lipinski definition) is 0. The first kappa shape index (κ1) is 28.0. The van der Waals surface area contributed by atoms with Crippen molar-refractivity contribution in [2.75, 3.05) is 6.61 Å². The third-order valence-electron chi connectivity index (χ3n) is 10.9. The van der Waals surface area contributed by atoms with Crippen LogP contribution >= 0.6 is 11.6 Å². The number of aromatic nitrogens is 2. The maximum absolute atomic E-state index is 14.8. The van der Waals surface area contributed by atoms with E-state index in [1.807, 2.05) is 24.3 Å². The molecule has 5 unspecified atom stereocenters. The van der Waals surface area contributed by atoms with Crippen molar-refractivity contribution >= 4 is 23.2 Å². The summed E-state index contributed by atoms with van der Waals surface area (Å²) >= 11 is 6.17. The van der Waals surface area contributed by atoms with Crippen molar-refractivity contribution in [3.05, 3.63) is 67.7 Å². The van der Waals surface area contributed by atoms with E-state index in [9.17, 15) is 18.8 Å². The number of hydrazone groups is 1. The van der Waals surface area contributed by atoms with Crippen molar-refractivity contribution in [3.8, 4) is 0 Å². The second-order valence-corrected chi connectivity index (χ2v) is 13.5. The van der Waals surface area contributed by atoms with Crippen LogP contribution in [0.3, 0.4) is 0 Å². The van der Waals surface area contributed by atoms with Gasteiger partial charge in [-0.05, 0) is 79.9 Å². The smallest absolute Gasteiger partial charge is 0.333 e. The van der Waals surface area contributed by atoms with Crippen LogP contribution in [0, 0.1) is 28.5 Å². The van der Waals surface area contributed by atoms with Gasteiger partial charge in [0.25, 0.3) is 11.5 Å². The van der Waals surface area contributed by atoms with Gasteiger partial charge >= 0.3 is 5.69 Å². The van der Waals surface area contributed by atoms with E-state index in [1.54, 1.807) is 5.01 Å². The first-order chi connectivity index (χ1) is 20.3. The molecule has 0 radical (unpaired) electrons. The summed E-state index contributed by atoms with van der Waals surface area (Å²) in [6.45, 7) is 2.11. The third kappa shape index (κ3) is 4.41. The van der Waals surface area contributed by atoms with Gasteiger partial charge in [0, 0.05) is 23.5 Å². The zero-order valence-electron chi connectivity index (χ0n) is 24.1. The van der Waals surface area contributed by atoms with Crippen LogP contribution in [0.5, 0.6) is 0 Å². The Balaban J connectivity index is 1.26. The van der Waals surface area contributed by atoms with Gasteiger partial charge in [-0.15, -0.1) is 0 Å². The number of ether oxygens (including phenoxy) is 1. The maximum atomic E-state index is 14.8. The molecule has 1 spiro atoms. The fraction of sp³-hybridized carbons (Fsp3) is 0.625. The molecule has 1 aromatic carbocycles. The van der Waals surface area contributed by atoms with Gasteiger partial charge in [0.15, 0.2) is 0 Å². The van der Waals surface area contributed by atoms with Crippen molar-refractivity contribution in [2.45, 2.75) is 96.4 Å². The van der Waals surface area contributed by atoms with Gasteiger partial charge in [-0.3, -0.25) is 14.2 Å². The zero-order chi connectivity index (χ0) is 29.2. The van der Waals surface area contributed by atoms with E-state index >= 15 is 0 Å². The number of benzene rings is 1. The van der Waals surface area contributed by atoms with E-state index < -0.39 is 35.7 Å². The zero-order valence-corrected chi connectivity index (χ0v) is 24.8. The lowest BCUT2D eigenvalue weighted by molar-refractivity contribution is -0.135. The summed E-state index contributed by atoms with van der Waals surface area (Å²) in [4.78, 5) is 40.4. The van der Waals surface area contributed by atoms with E-state index in [1.165, 1.54) is 19.3 Å². The molecule has 0 N–H and O–H groups in total. The first-order valence-corrected chi connectivity index (χ1v) is 16.0. The van der Waals surface area contributed by atoms with E-state index in [-0.39, 0.29) is 11.5 Å². The third-order valence-corrected chi connectivity index (χ3v) is 11.1. The first-order valence-electron chi connectivity index (χ1n) is 15.6.